The van der Waals surface area contributed by atoms with E-state index < -0.39 is 5.97 Å². The Labute approximate surface area is 64.0 Å². The zero-order valence-electron chi connectivity index (χ0n) is 6.13. The number of hydrogen-bond acceptors (Lipinski definition) is 2. The SMILES string of the molecule is CC1=CCC=C(C(=O)O)C1=O. The van der Waals surface area contributed by atoms with Gasteiger partial charge in [-0.25, -0.2) is 4.79 Å². The van der Waals surface area contributed by atoms with E-state index in [1.807, 2.05) is 0 Å². The van der Waals surface area contributed by atoms with E-state index in [9.17, 15) is 9.59 Å². The van der Waals surface area contributed by atoms with E-state index in [1.165, 1.54) is 6.08 Å². The van der Waals surface area contributed by atoms with Crippen LogP contribution in [0.3, 0.4) is 0 Å². The van der Waals surface area contributed by atoms with E-state index in [1.54, 1.807) is 13.0 Å². The molecule has 1 N–H and O–H groups in total. The lowest BCUT2D eigenvalue weighted by Gasteiger charge is -2.05. The lowest BCUT2D eigenvalue weighted by atomic mass is 9.98. The molecule has 11 heavy (non-hydrogen) atoms. The molecule has 0 aromatic heterocycles. The zero-order chi connectivity index (χ0) is 8.43. The third-order valence-corrected chi connectivity index (χ3v) is 1.58. The van der Waals surface area contributed by atoms with Crippen LogP contribution in [-0.2, 0) is 9.59 Å². The maximum atomic E-state index is 11.0. The minimum absolute atomic E-state index is 0.106. The highest BCUT2D eigenvalue weighted by Crippen LogP contribution is 2.13. The summed E-state index contributed by atoms with van der Waals surface area (Å²) in [6, 6.07) is 0. The number of aliphatic carboxylic acids is 1. The molecule has 3 heteroatoms. The Balaban J connectivity index is 2.93. The van der Waals surface area contributed by atoms with Crippen molar-refractivity contribution >= 4 is 11.8 Å². The fourth-order valence-corrected chi connectivity index (χ4v) is 0.936. The summed E-state index contributed by atoms with van der Waals surface area (Å²) in [5, 5.41) is 8.51. The number of ketones is 1. The molecule has 0 saturated heterocycles. The number of Topliss-reactive ketones (excluding diaryl/α,β-unsaturated/α-hetero) is 1. The zero-order valence-corrected chi connectivity index (χ0v) is 6.13. The minimum Gasteiger partial charge on any atom is -0.478 e. The van der Waals surface area contributed by atoms with Crippen LogP contribution in [0.5, 0.6) is 0 Å². The fraction of sp³-hybridized carbons (Fsp3) is 0.250. The number of carboxylic acids is 1. The van der Waals surface area contributed by atoms with Crippen LogP contribution in [0, 0.1) is 0 Å². The van der Waals surface area contributed by atoms with Crippen LogP contribution >= 0.6 is 0 Å². The second-order valence-electron chi connectivity index (χ2n) is 2.37. The summed E-state index contributed by atoms with van der Waals surface area (Å²) in [4.78, 5) is 21.4. The lowest BCUT2D eigenvalue weighted by molar-refractivity contribution is -0.134. The Kier molecular flexibility index (Phi) is 1.89. The Morgan fingerprint density at radius 2 is 2.18 bits per heavy atom. The van der Waals surface area contributed by atoms with E-state index in [2.05, 4.69) is 0 Å². The number of rotatable bonds is 1. The van der Waals surface area contributed by atoms with Crippen molar-refractivity contribution in [2.75, 3.05) is 0 Å². The highest BCUT2D eigenvalue weighted by molar-refractivity contribution is 6.23. The number of allylic oxidation sites excluding steroid dienone is 3. The first-order chi connectivity index (χ1) is 5.13. The molecule has 0 saturated carbocycles. The fourth-order valence-electron chi connectivity index (χ4n) is 0.936. The summed E-state index contributed by atoms with van der Waals surface area (Å²) in [5.74, 6) is -1.51. The van der Waals surface area contributed by atoms with Crippen LogP contribution in [0.4, 0.5) is 0 Å². The van der Waals surface area contributed by atoms with Gasteiger partial charge in [0.2, 0.25) is 0 Å². The first-order valence-corrected chi connectivity index (χ1v) is 3.28. The van der Waals surface area contributed by atoms with E-state index in [-0.39, 0.29) is 11.4 Å². The maximum absolute atomic E-state index is 11.0. The van der Waals surface area contributed by atoms with Crippen molar-refractivity contribution in [1.29, 1.82) is 0 Å². The standard InChI is InChI=1S/C8H8O3/c1-5-3-2-4-6(7(5)9)8(10)11/h3-4H,2H2,1H3,(H,10,11). The number of carbonyl (C=O) groups is 2. The predicted octanol–water partition coefficient (Wildman–Crippen LogP) is 0.917. The van der Waals surface area contributed by atoms with Gasteiger partial charge >= 0.3 is 5.97 Å². The molecule has 3 nitrogen and oxygen atoms in total. The Morgan fingerprint density at radius 1 is 1.55 bits per heavy atom. The Hall–Kier alpha value is -1.38. The molecule has 0 spiro atoms. The largest absolute Gasteiger partial charge is 0.478 e. The molecule has 0 aromatic carbocycles. The summed E-state index contributed by atoms with van der Waals surface area (Å²) in [5.41, 5.74) is 0.412. The van der Waals surface area contributed by atoms with Gasteiger partial charge in [-0.1, -0.05) is 12.2 Å². The van der Waals surface area contributed by atoms with Gasteiger partial charge in [0.15, 0.2) is 5.78 Å². The highest BCUT2D eigenvalue weighted by Gasteiger charge is 2.20. The molecular weight excluding hydrogens is 144 g/mol. The number of carbonyl (C=O) groups excluding carboxylic acids is 1. The number of hydrogen-bond donors (Lipinski definition) is 1. The average Bonchev–Trinajstić information content (AvgIpc) is 1.94. The second kappa shape index (κ2) is 2.70. The van der Waals surface area contributed by atoms with Crippen molar-refractivity contribution in [2.24, 2.45) is 0 Å². The van der Waals surface area contributed by atoms with Gasteiger partial charge in [0.05, 0.1) is 0 Å². The quantitative estimate of drug-likeness (QED) is 0.568. The third-order valence-electron chi connectivity index (χ3n) is 1.58. The van der Waals surface area contributed by atoms with Gasteiger partial charge < -0.3 is 5.11 Å². The van der Waals surface area contributed by atoms with E-state index >= 15 is 0 Å². The molecular formula is C8H8O3. The van der Waals surface area contributed by atoms with Gasteiger partial charge in [0, 0.05) is 0 Å². The smallest absolute Gasteiger partial charge is 0.339 e. The molecule has 0 aromatic rings. The van der Waals surface area contributed by atoms with E-state index in [0.29, 0.717) is 12.0 Å². The van der Waals surface area contributed by atoms with Crippen molar-refractivity contribution in [3.63, 3.8) is 0 Å². The normalized spacial score (nSPS) is 17.4. The molecule has 1 rings (SSSR count). The summed E-state index contributed by atoms with van der Waals surface area (Å²) in [6.07, 6.45) is 3.69. The van der Waals surface area contributed by atoms with Crippen molar-refractivity contribution in [3.05, 3.63) is 23.3 Å². The van der Waals surface area contributed by atoms with Gasteiger partial charge in [0.1, 0.15) is 5.57 Å². The van der Waals surface area contributed by atoms with Crippen LogP contribution in [0.15, 0.2) is 23.3 Å². The van der Waals surface area contributed by atoms with Crippen LogP contribution in [-0.4, -0.2) is 16.9 Å². The Bertz CT molecular complexity index is 271. The summed E-state index contributed by atoms with van der Waals surface area (Å²) in [6.45, 7) is 1.62. The molecule has 1 aliphatic rings. The van der Waals surface area contributed by atoms with Crippen LogP contribution in [0.2, 0.25) is 0 Å². The molecule has 0 aliphatic heterocycles. The van der Waals surface area contributed by atoms with Crippen LogP contribution in [0.1, 0.15) is 13.3 Å². The van der Waals surface area contributed by atoms with Crippen LogP contribution in [0.25, 0.3) is 0 Å². The molecule has 0 unspecified atom stereocenters. The molecule has 0 radical (unpaired) electrons. The van der Waals surface area contributed by atoms with Gasteiger partial charge in [-0.05, 0) is 18.9 Å². The first kappa shape index (κ1) is 7.72. The van der Waals surface area contributed by atoms with Crippen molar-refractivity contribution < 1.29 is 14.7 Å². The molecule has 58 valence electrons. The summed E-state index contributed by atoms with van der Waals surface area (Å²) in [7, 11) is 0. The van der Waals surface area contributed by atoms with Gasteiger partial charge in [-0.2, -0.15) is 0 Å². The van der Waals surface area contributed by atoms with Gasteiger partial charge in [-0.3, -0.25) is 4.79 Å². The third kappa shape index (κ3) is 1.37. The maximum Gasteiger partial charge on any atom is 0.339 e. The highest BCUT2D eigenvalue weighted by atomic mass is 16.4. The van der Waals surface area contributed by atoms with Crippen molar-refractivity contribution in [1.82, 2.24) is 0 Å². The average molecular weight is 152 g/mol. The molecule has 0 atom stereocenters. The second-order valence-corrected chi connectivity index (χ2v) is 2.37. The molecule has 1 aliphatic carbocycles. The van der Waals surface area contributed by atoms with Crippen molar-refractivity contribution in [3.8, 4) is 0 Å². The van der Waals surface area contributed by atoms with E-state index in [4.69, 9.17) is 5.11 Å². The van der Waals surface area contributed by atoms with E-state index in [0.717, 1.165) is 0 Å². The topological polar surface area (TPSA) is 54.4 Å². The molecule has 0 fully saturated rings. The van der Waals surface area contributed by atoms with Gasteiger partial charge in [-0.15, -0.1) is 0 Å². The predicted molar refractivity (Wildman–Crippen MR) is 39.1 cm³/mol. The minimum atomic E-state index is -1.14. The molecule has 0 heterocycles. The first-order valence-electron chi connectivity index (χ1n) is 3.28. The molecule has 0 bridgehead atoms. The number of carboxylic acid groups (broad SMARTS) is 1. The monoisotopic (exact) mass is 152 g/mol. The summed E-state index contributed by atoms with van der Waals surface area (Å²) < 4.78 is 0. The van der Waals surface area contributed by atoms with Crippen LogP contribution < -0.4 is 0 Å². The van der Waals surface area contributed by atoms with Crippen molar-refractivity contribution in [2.45, 2.75) is 13.3 Å². The Morgan fingerprint density at radius 3 is 2.64 bits per heavy atom. The summed E-state index contributed by atoms with van der Waals surface area (Å²) >= 11 is 0. The lowest BCUT2D eigenvalue weighted by Crippen LogP contribution is -2.15. The van der Waals surface area contributed by atoms with Gasteiger partial charge in [0.25, 0.3) is 0 Å². The molecule has 0 amide bonds.